The lowest BCUT2D eigenvalue weighted by Gasteiger charge is -2.30. The number of carboxylic acids is 1. The molecule has 0 radical (unpaired) electrons. The molecule has 6 rings (SSSR count). The Bertz CT molecular complexity index is 2760. The second-order valence-corrected chi connectivity index (χ2v) is 22.0. The van der Waals surface area contributed by atoms with E-state index in [0.717, 1.165) is 33.7 Å². The van der Waals surface area contributed by atoms with Crippen molar-refractivity contribution in [3.63, 3.8) is 0 Å². The number of carbonyl (C=O) groups excluding carboxylic acids is 5. The number of benzene rings is 4. The maximum atomic E-state index is 13.8. The fraction of sp³-hybridized carbons (Fsp3) is 0.419. The highest BCUT2D eigenvalue weighted by molar-refractivity contribution is 6.21. The monoisotopic (exact) mass is 1050 g/mol. The van der Waals surface area contributed by atoms with Crippen LogP contribution in [0.3, 0.4) is 0 Å². The maximum absolute atomic E-state index is 13.8. The van der Waals surface area contributed by atoms with E-state index in [2.05, 4.69) is 23.5 Å². The summed E-state index contributed by atoms with van der Waals surface area (Å²) in [5.41, 5.74) is 11.0. The van der Waals surface area contributed by atoms with Gasteiger partial charge in [0, 0.05) is 36.3 Å². The largest absolute Gasteiger partial charge is 0.481 e. The fourth-order valence-corrected chi connectivity index (χ4v) is 8.93. The Morgan fingerprint density at radius 2 is 0.987 bits per heavy atom. The van der Waals surface area contributed by atoms with E-state index in [1.165, 1.54) is 4.90 Å². The van der Waals surface area contributed by atoms with Gasteiger partial charge in [0.15, 0.2) is 6.17 Å². The quantitative estimate of drug-likeness (QED) is 0.0673. The SMILES string of the molecule is C=CC[C@H](C(=O)OC(C)(C)C)[C@@H](CC(C)C)C(=O)NC1N=C(c2ccccc2)c2ccccc2N(C)C1=O.C=CC[C@H](C(=O)OC(C)(C)C)[C@@H](CC(C)C)C(=O)O.CN1C(=O)C(N)N=C(c2ccccc2)c2ccccc21. The predicted molar refractivity (Wildman–Crippen MR) is 306 cm³/mol. The van der Waals surface area contributed by atoms with Gasteiger partial charge in [0.2, 0.25) is 12.1 Å². The number of benzodiazepines with no additional fused rings is 2. The van der Waals surface area contributed by atoms with E-state index in [4.69, 9.17) is 20.2 Å². The third kappa shape index (κ3) is 17.8. The first-order valence-corrected chi connectivity index (χ1v) is 26.2. The summed E-state index contributed by atoms with van der Waals surface area (Å²) in [5, 5.41) is 12.2. The Kier molecular flexibility index (Phi) is 22.6. The molecule has 412 valence electrons. The Hall–Kier alpha value is -7.52. The van der Waals surface area contributed by atoms with Crippen molar-refractivity contribution < 1.29 is 43.3 Å². The molecule has 4 aromatic carbocycles. The number of para-hydroxylation sites is 2. The van der Waals surface area contributed by atoms with Gasteiger partial charge in [-0.15, -0.1) is 13.2 Å². The number of aliphatic imine (C=N–C) groups is 2. The summed E-state index contributed by atoms with van der Waals surface area (Å²) in [5.74, 6) is -5.37. The van der Waals surface area contributed by atoms with Crippen molar-refractivity contribution in [2.24, 2.45) is 51.2 Å². The number of nitrogens with one attached hydrogen (secondary N) is 1. The van der Waals surface area contributed by atoms with Gasteiger partial charge in [-0.3, -0.25) is 33.8 Å². The highest BCUT2D eigenvalue weighted by Gasteiger charge is 2.40. The Morgan fingerprint density at radius 3 is 1.39 bits per heavy atom. The first-order chi connectivity index (χ1) is 36.2. The van der Waals surface area contributed by atoms with Crippen molar-refractivity contribution >= 4 is 58.4 Å². The second kappa shape index (κ2) is 28.0. The summed E-state index contributed by atoms with van der Waals surface area (Å²) in [6, 6.07) is 34.6. The summed E-state index contributed by atoms with van der Waals surface area (Å²) >= 11 is 0. The van der Waals surface area contributed by atoms with E-state index >= 15 is 0 Å². The number of nitrogens with zero attached hydrogens (tertiary/aromatic N) is 4. The molecular formula is C62H80N6O9. The van der Waals surface area contributed by atoms with E-state index in [1.807, 2.05) is 137 Å². The third-order valence-corrected chi connectivity index (χ3v) is 12.4. The van der Waals surface area contributed by atoms with Crippen LogP contribution in [0, 0.1) is 35.5 Å². The zero-order chi connectivity index (χ0) is 57.4. The standard InChI is InChI=1S/C31H39N3O4.C16H15N3O.C15H26O4/c1-8-14-22(30(37)38-31(4,5)6)24(19-20(2)3)28(35)33-27-29(36)34(7)25-18-13-12-17-23(25)26(32-27)21-15-10-9-11-16-21;1-19-13-10-6-5-9-12(13)14(18-15(17)16(19)20)11-7-3-2-4-8-11;1-7-8-11(14(18)19-15(4,5)6)12(13(16)17)9-10(2)3/h8-13,15-18,20,22,24,27H,1,14,19H2,2-7H3,(H,33,35);2-10,15H,17H2,1H3;7,10-12H,1,8-9H2,2-6H3,(H,16,17)/t22-,24+,27?;;11-,12+/m0.0/s1. The van der Waals surface area contributed by atoms with Gasteiger partial charge in [-0.25, -0.2) is 4.99 Å². The second-order valence-electron chi connectivity index (χ2n) is 22.0. The van der Waals surface area contributed by atoms with Crippen LogP contribution < -0.4 is 20.9 Å². The molecular weight excluding hydrogens is 973 g/mol. The van der Waals surface area contributed by atoms with E-state index < -0.39 is 71.0 Å². The first kappa shape index (κ1) is 62.0. The number of carboxylic acid groups (broad SMARTS) is 1. The zero-order valence-corrected chi connectivity index (χ0v) is 47.0. The van der Waals surface area contributed by atoms with Crippen LogP contribution in [0.25, 0.3) is 0 Å². The summed E-state index contributed by atoms with van der Waals surface area (Å²) in [6.07, 6.45) is 2.66. The number of aliphatic carboxylic acids is 1. The van der Waals surface area contributed by atoms with E-state index in [0.29, 0.717) is 30.7 Å². The number of esters is 2. The average Bonchev–Trinajstić information content (AvgIpc) is 3.53. The van der Waals surface area contributed by atoms with Gasteiger partial charge in [0.25, 0.3) is 11.8 Å². The molecule has 0 saturated carbocycles. The molecule has 4 aromatic rings. The van der Waals surface area contributed by atoms with Gasteiger partial charge < -0.3 is 35.4 Å². The van der Waals surface area contributed by atoms with Crippen molar-refractivity contribution in [1.29, 1.82) is 0 Å². The van der Waals surface area contributed by atoms with Crippen LogP contribution in [0.4, 0.5) is 11.4 Å². The molecule has 4 N–H and O–H groups in total. The average molecular weight is 1050 g/mol. The number of likely N-dealkylation sites (N-methyl/N-ethyl adjacent to an activating group) is 2. The van der Waals surface area contributed by atoms with Gasteiger partial charge in [0.1, 0.15) is 11.2 Å². The Balaban J connectivity index is 0.000000276. The minimum atomic E-state index is -1.16. The van der Waals surface area contributed by atoms with Gasteiger partial charge in [-0.2, -0.15) is 0 Å². The number of hydrogen-bond donors (Lipinski definition) is 3. The molecule has 0 aromatic heterocycles. The number of ether oxygens (including phenoxy) is 2. The Labute approximate surface area is 455 Å². The molecule has 77 heavy (non-hydrogen) atoms. The first-order valence-electron chi connectivity index (χ1n) is 26.2. The Morgan fingerprint density at radius 1 is 0.610 bits per heavy atom. The lowest BCUT2D eigenvalue weighted by molar-refractivity contribution is -0.167. The summed E-state index contributed by atoms with van der Waals surface area (Å²) < 4.78 is 11.0. The number of hydrogen-bond acceptors (Lipinski definition) is 11. The van der Waals surface area contributed by atoms with E-state index in [-0.39, 0.29) is 30.1 Å². The number of rotatable bonds is 17. The van der Waals surface area contributed by atoms with Crippen molar-refractivity contribution in [3.05, 3.63) is 157 Å². The minimum Gasteiger partial charge on any atom is -0.481 e. The highest BCUT2D eigenvalue weighted by Crippen LogP contribution is 2.32. The smallest absolute Gasteiger partial charge is 0.310 e. The van der Waals surface area contributed by atoms with E-state index in [9.17, 15) is 33.9 Å². The van der Waals surface area contributed by atoms with Crippen LogP contribution in [0.15, 0.2) is 144 Å². The molecule has 2 heterocycles. The molecule has 6 atom stereocenters. The molecule has 2 aliphatic heterocycles. The molecule has 0 fully saturated rings. The molecule has 0 saturated heterocycles. The molecule has 0 bridgehead atoms. The van der Waals surface area contributed by atoms with Crippen LogP contribution in [-0.4, -0.2) is 89.8 Å². The lowest BCUT2D eigenvalue weighted by atomic mass is 9.82. The minimum absolute atomic E-state index is 0.126. The number of amides is 3. The van der Waals surface area contributed by atoms with Gasteiger partial charge >= 0.3 is 17.9 Å². The zero-order valence-electron chi connectivity index (χ0n) is 47.0. The maximum Gasteiger partial charge on any atom is 0.310 e. The van der Waals surface area contributed by atoms with Gasteiger partial charge in [-0.05, 0) is 91.2 Å². The summed E-state index contributed by atoms with van der Waals surface area (Å²) in [4.78, 5) is 88.6. The number of nitrogens with two attached hydrogens (primary N) is 1. The fourth-order valence-electron chi connectivity index (χ4n) is 8.93. The summed E-state index contributed by atoms with van der Waals surface area (Å²) in [7, 11) is 3.40. The van der Waals surface area contributed by atoms with Crippen LogP contribution >= 0.6 is 0 Å². The number of allylic oxidation sites excluding steroid dienone is 2. The molecule has 2 aliphatic rings. The van der Waals surface area contributed by atoms with Gasteiger partial charge in [-0.1, -0.05) is 137 Å². The molecule has 0 spiro atoms. The molecule has 15 heteroatoms. The third-order valence-electron chi connectivity index (χ3n) is 12.4. The van der Waals surface area contributed by atoms with Crippen LogP contribution in [0.5, 0.6) is 0 Å². The van der Waals surface area contributed by atoms with Crippen molar-refractivity contribution in [2.75, 3.05) is 23.9 Å². The molecule has 0 aliphatic carbocycles. The highest BCUT2D eigenvalue weighted by atomic mass is 16.6. The normalized spacial score (nSPS) is 16.9. The molecule has 15 nitrogen and oxygen atoms in total. The van der Waals surface area contributed by atoms with Crippen LogP contribution in [-0.2, 0) is 38.2 Å². The predicted octanol–water partition coefficient (Wildman–Crippen LogP) is 10.2. The molecule has 2 unspecified atom stereocenters. The van der Waals surface area contributed by atoms with Crippen LogP contribution in [0.2, 0.25) is 0 Å². The van der Waals surface area contributed by atoms with Gasteiger partial charge in [0.05, 0.1) is 46.5 Å². The number of fused-ring (bicyclic) bond motifs is 2. The number of carbonyl (C=O) groups is 6. The van der Waals surface area contributed by atoms with Crippen molar-refractivity contribution in [1.82, 2.24) is 5.32 Å². The lowest BCUT2D eigenvalue weighted by Crippen LogP contribution is -2.50. The topological polar surface area (TPSA) is 210 Å². The number of anilines is 2. The van der Waals surface area contributed by atoms with E-state index in [1.54, 1.807) is 72.7 Å². The molecule has 3 amide bonds. The van der Waals surface area contributed by atoms with Crippen molar-refractivity contribution in [2.45, 2.75) is 118 Å². The van der Waals surface area contributed by atoms with Crippen molar-refractivity contribution in [3.8, 4) is 0 Å². The summed E-state index contributed by atoms with van der Waals surface area (Å²) in [6.45, 7) is 26.0. The van der Waals surface area contributed by atoms with Crippen LogP contribution in [0.1, 0.15) is 117 Å².